The zero-order chi connectivity index (χ0) is 22.0. The van der Waals surface area contributed by atoms with Gasteiger partial charge in [0.25, 0.3) is 0 Å². The van der Waals surface area contributed by atoms with Crippen molar-refractivity contribution in [3.8, 4) is 0 Å². The van der Waals surface area contributed by atoms with Gasteiger partial charge in [0.1, 0.15) is 12.4 Å². The number of benzene rings is 3. The van der Waals surface area contributed by atoms with Crippen LogP contribution in [0.25, 0.3) is 10.9 Å². The van der Waals surface area contributed by atoms with Gasteiger partial charge in [0.05, 0.1) is 11.1 Å². The Kier molecular flexibility index (Phi) is 5.64. The third-order valence-corrected chi connectivity index (χ3v) is 5.02. The van der Waals surface area contributed by atoms with Gasteiger partial charge in [-0.15, -0.1) is 0 Å². The van der Waals surface area contributed by atoms with Gasteiger partial charge in [0.2, 0.25) is 11.3 Å². The molecule has 0 saturated carbocycles. The molecule has 0 aliphatic heterocycles. The van der Waals surface area contributed by atoms with E-state index in [2.05, 4.69) is 5.32 Å². The van der Waals surface area contributed by atoms with E-state index >= 15 is 0 Å². The van der Waals surface area contributed by atoms with Crippen LogP contribution in [0.15, 0.2) is 83.8 Å². The lowest BCUT2D eigenvalue weighted by atomic mass is 10.0. The van der Waals surface area contributed by atoms with E-state index in [0.717, 1.165) is 6.07 Å². The lowest BCUT2D eigenvalue weighted by Gasteiger charge is -2.14. The van der Waals surface area contributed by atoms with E-state index in [4.69, 9.17) is 11.6 Å². The Morgan fingerprint density at radius 2 is 1.68 bits per heavy atom. The molecule has 7 heteroatoms. The van der Waals surface area contributed by atoms with Crippen LogP contribution in [-0.2, 0) is 11.3 Å². The number of hydrogen-bond acceptors (Lipinski definition) is 3. The quantitative estimate of drug-likeness (QED) is 0.464. The van der Waals surface area contributed by atoms with Crippen LogP contribution in [0, 0.1) is 5.82 Å². The van der Waals surface area contributed by atoms with Gasteiger partial charge in [-0.2, -0.15) is 0 Å². The Bertz CT molecular complexity index is 1350. The fourth-order valence-electron chi connectivity index (χ4n) is 3.30. The molecule has 4 aromatic rings. The molecule has 0 bridgehead atoms. The summed E-state index contributed by atoms with van der Waals surface area (Å²) in [5.74, 6) is -1.48. The van der Waals surface area contributed by atoms with Gasteiger partial charge in [-0.25, -0.2) is 4.39 Å². The first-order valence-electron chi connectivity index (χ1n) is 9.40. The molecule has 3 aromatic carbocycles. The van der Waals surface area contributed by atoms with Crippen LogP contribution in [0.1, 0.15) is 15.9 Å². The number of hydrogen-bond donors (Lipinski definition) is 1. The molecule has 0 saturated heterocycles. The predicted molar refractivity (Wildman–Crippen MR) is 118 cm³/mol. The molecule has 1 N–H and O–H groups in total. The second-order valence-corrected chi connectivity index (χ2v) is 7.35. The summed E-state index contributed by atoms with van der Waals surface area (Å²) in [6.45, 7) is -0.180. The highest BCUT2D eigenvalue weighted by molar-refractivity contribution is 6.30. The number of nitrogens with zero attached hydrogens (tertiary/aromatic N) is 1. The second kappa shape index (κ2) is 8.53. The van der Waals surface area contributed by atoms with Crippen LogP contribution >= 0.6 is 11.6 Å². The molecule has 5 nitrogen and oxygen atoms in total. The number of halogens is 2. The van der Waals surface area contributed by atoms with Crippen LogP contribution < -0.4 is 10.7 Å². The first-order valence-corrected chi connectivity index (χ1v) is 9.78. The molecular weight excluding hydrogens is 419 g/mol. The number of rotatable bonds is 5. The van der Waals surface area contributed by atoms with Crippen molar-refractivity contribution in [3.05, 3.63) is 111 Å². The van der Waals surface area contributed by atoms with E-state index in [1.165, 1.54) is 22.9 Å². The summed E-state index contributed by atoms with van der Waals surface area (Å²) >= 11 is 5.86. The second-order valence-electron chi connectivity index (χ2n) is 6.91. The summed E-state index contributed by atoms with van der Waals surface area (Å²) in [5, 5.41) is 3.30. The largest absolute Gasteiger partial charge is 0.337 e. The zero-order valence-electron chi connectivity index (χ0n) is 16.1. The molecule has 1 heterocycles. The zero-order valence-corrected chi connectivity index (χ0v) is 16.9. The van der Waals surface area contributed by atoms with Crippen LogP contribution in [-0.4, -0.2) is 16.3 Å². The van der Waals surface area contributed by atoms with E-state index in [9.17, 15) is 18.8 Å². The van der Waals surface area contributed by atoms with E-state index in [0.29, 0.717) is 21.8 Å². The van der Waals surface area contributed by atoms with Crippen molar-refractivity contribution < 1.29 is 14.0 Å². The number of ketones is 1. The normalized spacial score (nSPS) is 10.8. The monoisotopic (exact) mass is 434 g/mol. The highest BCUT2D eigenvalue weighted by Crippen LogP contribution is 2.17. The lowest BCUT2D eigenvalue weighted by molar-refractivity contribution is -0.116. The fraction of sp³-hybridized carbons (Fsp3) is 0.0417. The summed E-state index contributed by atoms with van der Waals surface area (Å²) in [7, 11) is 0. The number of carbonyl (C=O) groups excluding carboxylic acids is 2. The maximum Gasteiger partial charge on any atom is 0.244 e. The van der Waals surface area contributed by atoms with E-state index in [1.807, 2.05) is 0 Å². The average molecular weight is 435 g/mol. The molecule has 4 rings (SSSR count). The van der Waals surface area contributed by atoms with Gasteiger partial charge in [-0.3, -0.25) is 14.4 Å². The maximum atomic E-state index is 13.9. The SMILES string of the molecule is O=C(Cn1cc(C(=O)c2ccccc2)c(=O)c2cc(F)ccc21)Nc1ccc(Cl)cc1. The Morgan fingerprint density at radius 1 is 0.968 bits per heavy atom. The molecule has 31 heavy (non-hydrogen) atoms. The number of pyridine rings is 1. The summed E-state index contributed by atoms with van der Waals surface area (Å²) in [6, 6.07) is 18.6. The molecule has 0 unspecified atom stereocenters. The minimum absolute atomic E-state index is 0.0288. The van der Waals surface area contributed by atoms with Crippen molar-refractivity contribution >= 4 is 39.9 Å². The van der Waals surface area contributed by atoms with E-state index in [-0.39, 0.29) is 23.4 Å². The minimum Gasteiger partial charge on any atom is -0.337 e. The molecule has 0 aliphatic carbocycles. The van der Waals surface area contributed by atoms with Crippen LogP contribution in [0.4, 0.5) is 10.1 Å². The third-order valence-electron chi connectivity index (χ3n) is 4.76. The molecule has 0 radical (unpaired) electrons. The molecule has 1 amide bonds. The minimum atomic E-state index is -0.605. The number of fused-ring (bicyclic) bond motifs is 1. The van der Waals surface area contributed by atoms with Gasteiger partial charge in [0.15, 0.2) is 5.78 Å². The average Bonchev–Trinajstić information content (AvgIpc) is 2.77. The van der Waals surface area contributed by atoms with Crippen LogP contribution in [0.5, 0.6) is 0 Å². The predicted octanol–water partition coefficient (Wildman–Crippen LogP) is 4.66. The van der Waals surface area contributed by atoms with Crippen molar-refractivity contribution in [1.82, 2.24) is 4.57 Å². The molecule has 1 aromatic heterocycles. The topological polar surface area (TPSA) is 68.2 Å². The molecule has 0 atom stereocenters. The highest BCUT2D eigenvalue weighted by atomic mass is 35.5. The van der Waals surface area contributed by atoms with Gasteiger partial charge < -0.3 is 9.88 Å². The molecule has 154 valence electrons. The van der Waals surface area contributed by atoms with Crippen LogP contribution in [0.2, 0.25) is 5.02 Å². The number of amides is 1. The van der Waals surface area contributed by atoms with Gasteiger partial charge in [0, 0.05) is 27.9 Å². The lowest BCUT2D eigenvalue weighted by Crippen LogP contribution is -2.24. The molecule has 0 spiro atoms. The number of aromatic nitrogens is 1. The summed E-state index contributed by atoms with van der Waals surface area (Å²) in [6.07, 6.45) is 1.35. The Labute approximate surface area is 181 Å². The smallest absolute Gasteiger partial charge is 0.244 e. The Hall–Kier alpha value is -3.77. The van der Waals surface area contributed by atoms with E-state index in [1.54, 1.807) is 54.6 Å². The maximum absolute atomic E-state index is 13.9. The van der Waals surface area contributed by atoms with E-state index < -0.39 is 17.0 Å². The van der Waals surface area contributed by atoms with Crippen molar-refractivity contribution in [2.24, 2.45) is 0 Å². The summed E-state index contributed by atoms with van der Waals surface area (Å²) in [5.41, 5.74) is 0.502. The summed E-state index contributed by atoms with van der Waals surface area (Å²) < 4.78 is 15.3. The third kappa shape index (κ3) is 4.39. The van der Waals surface area contributed by atoms with Crippen molar-refractivity contribution in [2.75, 3.05) is 5.32 Å². The highest BCUT2D eigenvalue weighted by Gasteiger charge is 2.18. The standard InChI is InChI=1S/C24H16ClFN2O3/c25-16-6-9-18(10-7-16)27-22(29)14-28-13-20(23(30)15-4-2-1-3-5-15)24(31)19-12-17(26)8-11-21(19)28/h1-13H,14H2,(H,27,29). The fourth-order valence-corrected chi connectivity index (χ4v) is 3.42. The molecule has 0 fully saturated rings. The van der Waals surface area contributed by atoms with Crippen molar-refractivity contribution in [1.29, 1.82) is 0 Å². The van der Waals surface area contributed by atoms with Crippen LogP contribution in [0.3, 0.4) is 0 Å². The molecular formula is C24H16ClFN2O3. The van der Waals surface area contributed by atoms with Crippen molar-refractivity contribution in [2.45, 2.75) is 6.54 Å². The Balaban J connectivity index is 1.76. The van der Waals surface area contributed by atoms with Gasteiger partial charge >= 0.3 is 0 Å². The van der Waals surface area contributed by atoms with Gasteiger partial charge in [-0.1, -0.05) is 41.9 Å². The number of nitrogens with one attached hydrogen (secondary N) is 1. The van der Waals surface area contributed by atoms with Crippen molar-refractivity contribution in [3.63, 3.8) is 0 Å². The first-order chi connectivity index (χ1) is 14.9. The number of anilines is 1. The summed E-state index contributed by atoms with van der Waals surface area (Å²) in [4.78, 5) is 38.5. The Morgan fingerprint density at radius 3 is 2.39 bits per heavy atom. The number of carbonyl (C=O) groups is 2. The van der Waals surface area contributed by atoms with Gasteiger partial charge in [-0.05, 0) is 42.5 Å². The first kappa shape index (κ1) is 20.5. The molecule has 0 aliphatic rings.